The van der Waals surface area contributed by atoms with Crippen LogP contribution in [0.2, 0.25) is 0 Å². The van der Waals surface area contributed by atoms with Gasteiger partial charge in [0, 0.05) is 25.3 Å². The minimum absolute atomic E-state index is 0.0181. The lowest BCUT2D eigenvalue weighted by Gasteiger charge is -2.31. The smallest absolute Gasteiger partial charge is 0.369 e. The zero-order valence-corrected chi connectivity index (χ0v) is 11.5. The van der Waals surface area contributed by atoms with Crippen LogP contribution < -0.4 is 10.6 Å². The van der Waals surface area contributed by atoms with Gasteiger partial charge in [0.1, 0.15) is 0 Å². The molecule has 112 valence electrons. The summed E-state index contributed by atoms with van der Waals surface area (Å²) >= 11 is 0. The summed E-state index contributed by atoms with van der Waals surface area (Å²) in [7, 11) is -3.13. The number of benzene rings is 1. The maximum absolute atomic E-state index is 13.1. The minimum Gasteiger partial charge on any atom is -0.369 e. The third-order valence-corrected chi connectivity index (χ3v) is 4.90. The minimum atomic E-state index is -4.49. The van der Waals surface area contributed by atoms with E-state index in [9.17, 15) is 21.6 Å². The van der Waals surface area contributed by atoms with Gasteiger partial charge in [0.15, 0.2) is 9.84 Å². The molecule has 1 fully saturated rings. The lowest BCUT2D eigenvalue weighted by atomic mass is 10.1. The highest BCUT2D eigenvalue weighted by molar-refractivity contribution is 7.91. The number of anilines is 1. The summed E-state index contributed by atoms with van der Waals surface area (Å²) in [5, 5.41) is 0. The van der Waals surface area contributed by atoms with Gasteiger partial charge in [-0.25, -0.2) is 8.42 Å². The largest absolute Gasteiger partial charge is 0.418 e. The van der Waals surface area contributed by atoms with E-state index in [2.05, 4.69) is 0 Å². The maximum atomic E-state index is 13.1. The van der Waals surface area contributed by atoms with Crippen molar-refractivity contribution in [2.24, 2.45) is 5.73 Å². The van der Waals surface area contributed by atoms with Gasteiger partial charge in [-0.1, -0.05) is 6.07 Å². The molecule has 1 aromatic carbocycles. The zero-order valence-electron chi connectivity index (χ0n) is 10.7. The number of hydrogen-bond acceptors (Lipinski definition) is 4. The van der Waals surface area contributed by atoms with Crippen molar-refractivity contribution >= 4 is 15.5 Å². The summed E-state index contributed by atoms with van der Waals surface area (Å²) in [5.41, 5.74) is 5.01. The van der Waals surface area contributed by atoms with E-state index >= 15 is 0 Å². The Morgan fingerprint density at radius 1 is 1.20 bits per heavy atom. The molecule has 1 aromatic rings. The van der Waals surface area contributed by atoms with E-state index in [4.69, 9.17) is 5.73 Å². The van der Waals surface area contributed by atoms with E-state index in [1.54, 1.807) is 0 Å². The second kappa shape index (κ2) is 5.25. The van der Waals surface area contributed by atoms with Crippen molar-refractivity contribution in [3.05, 3.63) is 29.3 Å². The predicted octanol–water partition coefficient (Wildman–Crippen LogP) is 1.40. The highest BCUT2D eigenvalue weighted by atomic mass is 32.2. The normalized spacial score (nSPS) is 19.1. The van der Waals surface area contributed by atoms with E-state index in [1.165, 1.54) is 17.0 Å². The molecule has 0 radical (unpaired) electrons. The molecule has 1 aliphatic heterocycles. The average molecular weight is 308 g/mol. The van der Waals surface area contributed by atoms with Gasteiger partial charge in [0.2, 0.25) is 0 Å². The molecule has 1 heterocycles. The summed E-state index contributed by atoms with van der Waals surface area (Å²) < 4.78 is 61.9. The highest BCUT2D eigenvalue weighted by Gasteiger charge is 2.36. The molecule has 0 unspecified atom stereocenters. The second-order valence-electron chi connectivity index (χ2n) is 4.69. The maximum Gasteiger partial charge on any atom is 0.418 e. The number of rotatable bonds is 2. The Balaban J connectivity index is 2.37. The van der Waals surface area contributed by atoms with Gasteiger partial charge in [-0.15, -0.1) is 0 Å². The van der Waals surface area contributed by atoms with E-state index in [0.717, 1.165) is 6.07 Å². The third kappa shape index (κ3) is 3.24. The van der Waals surface area contributed by atoms with Crippen molar-refractivity contribution in [2.75, 3.05) is 29.5 Å². The molecule has 1 aliphatic rings. The molecule has 0 amide bonds. The first kappa shape index (κ1) is 15.1. The Kier molecular flexibility index (Phi) is 3.97. The Labute approximate surface area is 115 Å². The molecule has 4 nitrogen and oxygen atoms in total. The van der Waals surface area contributed by atoms with Crippen LogP contribution in [0.5, 0.6) is 0 Å². The zero-order chi connectivity index (χ0) is 15.0. The molecule has 20 heavy (non-hydrogen) atoms. The van der Waals surface area contributed by atoms with Crippen molar-refractivity contribution in [3.8, 4) is 0 Å². The van der Waals surface area contributed by atoms with Gasteiger partial charge in [-0.3, -0.25) is 0 Å². The van der Waals surface area contributed by atoms with Crippen LogP contribution in [0, 0.1) is 0 Å². The average Bonchev–Trinajstić information content (AvgIpc) is 2.37. The third-order valence-electron chi connectivity index (χ3n) is 3.29. The molecule has 8 heteroatoms. The van der Waals surface area contributed by atoms with Crippen LogP contribution in [0.25, 0.3) is 0 Å². The first-order valence-corrected chi connectivity index (χ1v) is 7.90. The molecular formula is C12H15F3N2O2S. The fraction of sp³-hybridized carbons (Fsp3) is 0.500. The number of nitrogens with two attached hydrogens (primary N) is 1. The number of hydrogen-bond donors (Lipinski definition) is 1. The molecule has 0 aromatic heterocycles. The molecule has 0 spiro atoms. The number of nitrogens with zero attached hydrogens (tertiary/aromatic N) is 1. The summed E-state index contributed by atoms with van der Waals surface area (Å²) in [5.74, 6) is -0.244. The van der Waals surface area contributed by atoms with Crippen molar-refractivity contribution in [2.45, 2.75) is 12.7 Å². The highest BCUT2D eigenvalue weighted by Crippen LogP contribution is 2.37. The number of halogens is 3. The van der Waals surface area contributed by atoms with E-state index < -0.39 is 21.6 Å². The summed E-state index contributed by atoms with van der Waals surface area (Å²) in [6, 6.07) is 3.93. The Morgan fingerprint density at radius 2 is 1.80 bits per heavy atom. The number of alkyl halides is 3. The Morgan fingerprint density at radius 3 is 2.30 bits per heavy atom. The number of sulfone groups is 1. The van der Waals surface area contributed by atoms with Crippen LogP contribution in [0.1, 0.15) is 11.1 Å². The SMILES string of the molecule is NCc1ccc(N2CCS(=O)(=O)CC2)c(C(F)(F)F)c1. The quantitative estimate of drug-likeness (QED) is 0.897. The lowest BCUT2D eigenvalue weighted by molar-refractivity contribution is -0.137. The van der Waals surface area contributed by atoms with Gasteiger partial charge in [-0.2, -0.15) is 13.2 Å². The van der Waals surface area contributed by atoms with Gasteiger partial charge >= 0.3 is 6.18 Å². The van der Waals surface area contributed by atoms with Gasteiger partial charge < -0.3 is 10.6 Å². The molecular weight excluding hydrogens is 293 g/mol. The fourth-order valence-corrected chi connectivity index (χ4v) is 3.37. The predicted molar refractivity (Wildman–Crippen MR) is 70.2 cm³/mol. The second-order valence-corrected chi connectivity index (χ2v) is 7.00. The lowest BCUT2D eigenvalue weighted by Crippen LogP contribution is -2.41. The molecule has 0 atom stereocenters. The van der Waals surface area contributed by atoms with Crippen LogP contribution in [-0.2, 0) is 22.6 Å². The fourth-order valence-electron chi connectivity index (χ4n) is 2.17. The molecule has 0 aliphatic carbocycles. The summed E-state index contributed by atoms with van der Waals surface area (Å²) in [4.78, 5) is 1.46. The first-order valence-electron chi connectivity index (χ1n) is 6.08. The van der Waals surface area contributed by atoms with Gasteiger partial charge in [0.25, 0.3) is 0 Å². The van der Waals surface area contributed by atoms with Gasteiger partial charge in [0.05, 0.1) is 17.1 Å². The van der Waals surface area contributed by atoms with Crippen LogP contribution in [0.4, 0.5) is 18.9 Å². The molecule has 0 bridgehead atoms. The van der Waals surface area contributed by atoms with Crippen LogP contribution in [0.3, 0.4) is 0 Å². The van der Waals surface area contributed by atoms with Crippen LogP contribution in [0.15, 0.2) is 18.2 Å². The van der Waals surface area contributed by atoms with E-state index in [0.29, 0.717) is 5.56 Å². The van der Waals surface area contributed by atoms with E-state index in [1.807, 2.05) is 0 Å². The molecule has 2 rings (SSSR count). The van der Waals surface area contributed by atoms with Crippen molar-refractivity contribution in [1.29, 1.82) is 0 Å². The molecule has 0 saturated carbocycles. The standard InChI is InChI=1S/C12H15F3N2O2S/c13-12(14,15)10-7-9(8-16)1-2-11(10)17-3-5-20(18,19)6-4-17/h1-2,7H,3-6,8,16H2. The first-order chi connectivity index (χ1) is 9.23. The van der Waals surface area contributed by atoms with Gasteiger partial charge in [-0.05, 0) is 17.7 Å². The van der Waals surface area contributed by atoms with Crippen molar-refractivity contribution in [3.63, 3.8) is 0 Å². The Hall–Kier alpha value is -1.28. The van der Waals surface area contributed by atoms with Crippen LogP contribution in [-0.4, -0.2) is 33.0 Å². The van der Waals surface area contributed by atoms with Crippen molar-refractivity contribution in [1.82, 2.24) is 0 Å². The van der Waals surface area contributed by atoms with Crippen molar-refractivity contribution < 1.29 is 21.6 Å². The van der Waals surface area contributed by atoms with Crippen LogP contribution >= 0.6 is 0 Å². The summed E-state index contributed by atoms with van der Waals surface area (Å²) in [6.07, 6.45) is -4.49. The summed E-state index contributed by atoms with van der Waals surface area (Å²) in [6.45, 7) is 0.179. The monoisotopic (exact) mass is 308 g/mol. The Bertz CT molecular complexity index is 585. The molecule has 1 saturated heterocycles. The topological polar surface area (TPSA) is 63.4 Å². The van der Waals surface area contributed by atoms with E-state index in [-0.39, 0.29) is 36.8 Å². The molecule has 2 N–H and O–H groups in total.